The maximum atomic E-state index is 5.76. The lowest BCUT2D eigenvalue weighted by Gasteiger charge is -2.21. The van der Waals surface area contributed by atoms with E-state index in [1.165, 1.54) is 5.56 Å². The molecule has 0 unspecified atom stereocenters. The number of benzene rings is 1. The van der Waals surface area contributed by atoms with E-state index in [-0.39, 0.29) is 0 Å². The highest BCUT2D eigenvalue weighted by atomic mass is 16.6. The van der Waals surface area contributed by atoms with E-state index in [0.29, 0.717) is 45.7 Å². The fraction of sp³-hybridized carbons (Fsp3) is 0.727. The van der Waals surface area contributed by atoms with E-state index >= 15 is 0 Å². The molecule has 0 bridgehead atoms. The summed E-state index contributed by atoms with van der Waals surface area (Å²) in [5, 5.41) is 14.1. The first kappa shape index (κ1) is 25.0. The zero-order chi connectivity index (χ0) is 21.1. The Kier molecular flexibility index (Phi) is 14.5. The van der Waals surface area contributed by atoms with Gasteiger partial charge in [-0.25, -0.2) is 0 Å². The number of rotatable bonds is 12. The summed E-state index contributed by atoms with van der Waals surface area (Å²) >= 11 is 0. The highest BCUT2D eigenvalue weighted by Gasteiger charge is 2.09. The van der Waals surface area contributed by atoms with Gasteiger partial charge in [0.25, 0.3) is 0 Å². The third-order valence-electron chi connectivity index (χ3n) is 4.79. The van der Waals surface area contributed by atoms with Crippen LogP contribution in [0.2, 0.25) is 0 Å². The summed E-state index contributed by atoms with van der Waals surface area (Å²) in [5.41, 5.74) is 1.31. The van der Waals surface area contributed by atoms with Crippen molar-refractivity contribution in [3.63, 3.8) is 0 Å². The molecule has 0 aromatic heterocycles. The van der Waals surface area contributed by atoms with Crippen LogP contribution < -0.4 is 26.0 Å². The second kappa shape index (κ2) is 17.4. The van der Waals surface area contributed by atoms with Gasteiger partial charge in [-0.3, -0.25) is 0 Å². The van der Waals surface area contributed by atoms with Crippen LogP contribution >= 0.6 is 0 Å². The average molecular weight is 425 g/mol. The minimum atomic E-state index is 0.414. The van der Waals surface area contributed by atoms with E-state index in [4.69, 9.17) is 18.9 Å². The van der Waals surface area contributed by atoms with Gasteiger partial charge >= 0.3 is 0 Å². The van der Waals surface area contributed by atoms with Crippen LogP contribution in [0.25, 0.3) is 0 Å². The van der Waals surface area contributed by atoms with Gasteiger partial charge in [0.1, 0.15) is 12.4 Å². The smallest absolute Gasteiger partial charge is 0.119 e. The standard InChI is InChI=1S/C22H40N4O4/c1-27-12-13-28-14-15-29-16-17-30-22-4-2-20(3-5-22)18-21-19-25-9-8-23-6-7-24-10-11-26-21/h2-5,21,23-26H,6-19H2,1H3/t21-/m1/s1. The van der Waals surface area contributed by atoms with Crippen molar-refractivity contribution in [2.75, 3.05) is 92.6 Å². The van der Waals surface area contributed by atoms with Gasteiger partial charge in [0.05, 0.1) is 33.0 Å². The van der Waals surface area contributed by atoms with Crippen molar-refractivity contribution in [1.29, 1.82) is 0 Å². The molecule has 0 amide bonds. The molecule has 1 aromatic carbocycles. The molecule has 30 heavy (non-hydrogen) atoms. The Bertz CT molecular complexity index is 506. The van der Waals surface area contributed by atoms with Gasteiger partial charge in [-0.15, -0.1) is 0 Å². The zero-order valence-corrected chi connectivity index (χ0v) is 18.4. The molecule has 1 heterocycles. The molecule has 1 aliphatic rings. The third kappa shape index (κ3) is 12.4. The van der Waals surface area contributed by atoms with Crippen LogP contribution in [-0.2, 0) is 20.6 Å². The summed E-state index contributed by atoms with van der Waals surface area (Å²) in [4.78, 5) is 0. The summed E-state index contributed by atoms with van der Waals surface area (Å²) in [6.07, 6.45) is 0.993. The van der Waals surface area contributed by atoms with Crippen LogP contribution in [0.15, 0.2) is 24.3 Å². The van der Waals surface area contributed by atoms with Crippen molar-refractivity contribution in [3.05, 3.63) is 29.8 Å². The van der Waals surface area contributed by atoms with Crippen LogP contribution in [0, 0.1) is 0 Å². The van der Waals surface area contributed by atoms with Crippen molar-refractivity contribution < 1.29 is 18.9 Å². The van der Waals surface area contributed by atoms with Crippen molar-refractivity contribution in [2.24, 2.45) is 0 Å². The highest BCUT2D eigenvalue weighted by molar-refractivity contribution is 5.27. The van der Waals surface area contributed by atoms with E-state index in [9.17, 15) is 0 Å². The first-order valence-electron chi connectivity index (χ1n) is 11.1. The summed E-state index contributed by atoms with van der Waals surface area (Å²) in [6.45, 7) is 10.4. The Labute approximate surface area is 181 Å². The molecule has 1 aromatic rings. The summed E-state index contributed by atoms with van der Waals surface area (Å²) < 4.78 is 21.5. The molecule has 2 rings (SSSR count). The van der Waals surface area contributed by atoms with Gasteiger partial charge in [-0.2, -0.15) is 0 Å². The van der Waals surface area contributed by atoms with Gasteiger partial charge in [0.15, 0.2) is 0 Å². The minimum Gasteiger partial charge on any atom is -0.491 e. The predicted octanol–water partition coefficient (Wildman–Crippen LogP) is 0.0281. The molecule has 172 valence electrons. The monoisotopic (exact) mass is 424 g/mol. The van der Waals surface area contributed by atoms with Gasteiger partial charge in [-0.05, 0) is 24.1 Å². The Morgan fingerprint density at radius 3 is 2.03 bits per heavy atom. The number of hydrogen-bond donors (Lipinski definition) is 4. The molecule has 1 fully saturated rings. The highest BCUT2D eigenvalue weighted by Crippen LogP contribution is 2.13. The molecule has 8 nitrogen and oxygen atoms in total. The molecule has 4 N–H and O–H groups in total. The maximum Gasteiger partial charge on any atom is 0.119 e. The second-order valence-electron chi connectivity index (χ2n) is 7.27. The lowest BCUT2D eigenvalue weighted by Crippen LogP contribution is -2.46. The largest absolute Gasteiger partial charge is 0.491 e. The molecule has 1 saturated heterocycles. The average Bonchev–Trinajstić information content (AvgIpc) is 2.75. The molecule has 1 atom stereocenters. The fourth-order valence-electron chi connectivity index (χ4n) is 3.15. The number of hydrogen-bond acceptors (Lipinski definition) is 8. The lowest BCUT2D eigenvalue weighted by molar-refractivity contribution is 0.0180. The van der Waals surface area contributed by atoms with Crippen LogP contribution in [0.1, 0.15) is 5.56 Å². The first-order valence-corrected chi connectivity index (χ1v) is 11.1. The van der Waals surface area contributed by atoms with Crippen molar-refractivity contribution >= 4 is 0 Å². The molecule has 0 saturated carbocycles. The molecular weight excluding hydrogens is 384 g/mol. The first-order chi connectivity index (χ1) is 14.9. The quantitative estimate of drug-likeness (QED) is 0.350. The molecule has 1 aliphatic heterocycles. The maximum absolute atomic E-state index is 5.76. The zero-order valence-electron chi connectivity index (χ0n) is 18.4. The number of ether oxygens (including phenoxy) is 4. The predicted molar refractivity (Wildman–Crippen MR) is 120 cm³/mol. The summed E-state index contributed by atoms with van der Waals surface area (Å²) in [7, 11) is 1.66. The number of nitrogens with one attached hydrogen (secondary N) is 4. The van der Waals surface area contributed by atoms with Gasteiger partial charge in [-0.1, -0.05) is 12.1 Å². The third-order valence-corrected chi connectivity index (χ3v) is 4.79. The van der Waals surface area contributed by atoms with Gasteiger partial charge < -0.3 is 40.2 Å². The molecule has 0 radical (unpaired) electrons. The minimum absolute atomic E-state index is 0.414. The molecule has 0 aliphatic carbocycles. The van der Waals surface area contributed by atoms with Crippen molar-refractivity contribution in [1.82, 2.24) is 21.3 Å². The van der Waals surface area contributed by atoms with Crippen LogP contribution in [-0.4, -0.2) is 98.6 Å². The van der Waals surface area contributed by atoms with Crippen LogP contribution in [0.4, 0.5) is 0 Å². The van der Waals surface area contributed by atoms with Crippen molar-refractivity contribution in [2.45, 2.75) is 12.5 Å². The molecular formula is C22H40N4O4. The Morgan fingerprint density at radius 1 is 0.733 bits per heavy atom. The number of methoxy groups -OCH3 is 1. The topological polar surface area (TPSA) is 85.0 Å². The lowest BCUT2D eigenvalue weighted by atomic mass is 10.1. The van der Waals surface area contributed by atoms with E-state index < -0.39 is 0 Å². The van der Waals surface area contributed by atoms with E-state index in [1.54, 1.807) is 7.11 Å². The van der Waals surface area contributed by atoms with E-state index in [2.05, 4.69) is 33.4 Å². The Hall–Kier alpha value is -1.26. The Morgan fingerprint density at radius 2 is 1.33 bits per heavy atom. The van der Waals surface area contributed by atoms with Crippen LogP contribution in [0.3, 0.4) is 0 Å². The van der Waals surface area contributed by atoms with Gasteiger partial charge in [0, 0.05) is 59.0 Å². The second-order valence-corrected chi connectivity index (χ2v) is 7.27. The normalized spacial score (nSPS) is 19.0. The van der Waals surface area contributed by atoms with E-state index in [0.717, 1.165) is 58.0 Å². The van der Waals surface area contributed by atoms with E-state index in [1.807, 2.05) is 12.1 Å². The van der Waals surface area contributed by atoms with Crippen LogP contribution in [0.5, 0.6) is 5.75 Å². The van der Waals surface area contributed by atoms with Crippen molar-refractivity contribution in [3.8, 4) is 5.75 Å². The summed E-state index contributed by atoms with van der Waals surface area (Å²) in [6, 6.07) is 8.79. The van der Waals surface area contributed by atoms with Gasteiger partial charge in [0.2, 0.25) is 0 Å². The SMILES string of the molecule is COCCOCCOCCOc1ccc(C[C@@H]2CNCCNCCNCCN2)cc1. The summed E-state index contributed by atoms with van der Waals surface area (Å²) in [5.74, 6) is 0.874. The Balaban J connectivity index is 1.61. The molecule has 0 spiro atoms. The molecule has 8 heteroatoms. The fourth-order valence-corrected chi connectivity index (χ4v) is 3.15.